The molecule has 0 saturated carbocycles. The highest BCUT2D eigenvalue weighted by molar-refractivity contribution is 6.30. The van der Waals surface area contributed by atoms with Gasteiger partial charge in [0, 0.05) is 49.2 Å². The largest absolute Gasteiger partial charge is 0.340 e. The van der Waals surface area contributed by atoms with Crippen LogP contribution >= 0.6 is 11.6 Å². The Morgan fingerprint density at radius 2 is 1.83 bits per heavy atom. The van der Waals surface area contributed by atoms with E-state index in [0.717, 1.165) is 52.1 Å². The molecule has 0 N–H and O–H groups in total. The lowest BCUT2D eigenvalue weighted by Crippen LogP contribution is -2.50. The zero-order valence-electron chi connectivity index (χ0n) is 14.2. The van der Waals surface area contributed by atoms with Crippen molar-refractivity contribution in [3.63, 3.8) is 0 Å². The summed E-state index contributed by atoms with van der Waals surface area (Å²) in [5, 5.41) is 0.424. The molecule has 0 aromatic heterocycles. The average Bonchev–Trinajstić information content (AvgIpc) is 2.58. The molecular formula is C18H25ClFN3O. The monoisotopic (exact) mass is 353 g/mol. The maximum atomic E-state index is 13.9. The first-order valence-corrected chi connectivity index (χ1v) is 9.04. The van der Waals surface area contributed by atoms with Gasteiger partial charge < -0.3 is 9.80 Å². The zero-order valence-corrected chi connectivity index (χ0v) is 14.9. The number of hydrogen-bond acceptors (Lipinski definition) is 3. The van der Waals surface area contributed by atoms with Crippen molar-refractivity contribution in [1.82, 2.24) is 14.7 Å². The number of carbonyl (C=O) groups excluding carboxylic acids is 1. The molecule has 4 nitrogen and oxygen atoms in total. The molecule has 1 aromatic carbocycles. The van der Waals surface area contributed by atoms with E-state index in [9.17, 15) is 9.18 Å². The SMILES string of the molecule is CN1CCN(C(=O)C2CCN(Cc3ccc(Cl)cc3F)CC2)CC1. The molecule has 132 valence electrons. The number of amides is 1. The number of piperazine rings is 1. The molecule has 0 atom stereocenters. The lowest BCUT2D eigenvalue weighted by atomic mass is 9.94. The first-order chi connectivity index (χ1) is 11.5. The predicted octanol–water partition coefficient (Wildman–Crippen LogP) is 2.47. The number of piperidine rings is 1. The molecule has 0 radical (unpaired) electrons. The third-order valence-corrected chi connectivity index (χ3v) is 5.40. The Hall–Kier alpha value is -1.17. The van der Waals surface area contributed by atoms with Crippen molar-refractivity contribution < 1.29 is 9.18 Å². The molecule has 1 aromatic rings. The van der Waals surface area contributed by atoms with Gasteiger partial charge in [0.2, 0.25) is 5.91 Å². The number of likely N-dealkylation sites (N-methyl/N-ethyl adjacent to an activating group) is 1. The lowest BCUT2D eigenvalue weighted by Gasteiger charge is -2.37. The summed E-state index contributed by atoms with van der Waals surface area (Å²) in [6.07, 6.45) is 1.72. The van der Waals surface area contributed by atoms with Crippen LogP contribution in [0.4, 0.5) is 4.39 Å². The van der Waals surface area contributed by atoms with Gasteiger partial charge in [0.1, 0.15) is 5.82 Å². The third-order valence-electron chi connectivity index (χ3n) is 5.16. The molecule has 2 saturated heterocycles. The van der Waals surface area contributed by atoms with Gasteiger partial charge in [0.25, 0.3) is 0 Å². The molecule has 0 spiro atoms. The van der Waals surface area contributed by atoms with Crippen LogP contribution in [0, 0.1) is 11.7 Å². The number of rotatable bonds is 3. The van der Waals surface area contributed by atoms with E-state index in [0.29, 0.717) is 23.0 Å². The molecule has 0 aliphatic carbocycles. The van der Waals surface area contributed by atoms with E-state index in [2.05, 4.69) is 16.8 Å². The molecule has 24 heavy (non-hydrogen) atoms. The van der Waals surface area contributed by atoms with E-state index in [4.69, 9.17) is 11.6 Å². The van der Waals surface area contributed by atoms with Gasteiger partial charge in [-0.05, 0) is 45.1 Å². The minimum Gasteiger partial charge on any atom is -0.340 e. The highest BCUT2D eigenvalue weighted by Crippen LogP contribution is 2.23. The van der Waals surface area contributed by atoms with Crippen LogP contribution in [0.3, 0.4) is 0 Å². The fourth-order valence-electron chi connectivity index (χ4n) is 3.51. The van der Waals surface area contributed by atoms with Crippen LogP contribution in [-0.2, 0) is 11.3 Å². The van der Waals surface area contributed by atoms with Crippen molar-refractivity contribution >= 4 is 17.5 Å². The normalized spacial score (nSPS) is 21.2. The third kappa shape index (κ3) is 4.26. The molecule has 6 heteroatoms. The maximum Gasteiger partial charge on any atom is 0.225 e. The molecule has 0 unspecified atom stereocenters. The summed E-state index contributed by atoms with van der Waals surface area (Å²) >= 11 is 5.80. The van der Waals surface area contributed by atoms with Crippen molar-refractivity contribution in [2.24, 2.45) is 5.92 Å². The quantitative estimate of drug-likeness (QED) is 0.835. The van der Waals surface area contributed by atoms with Gasteiger partial charge in [-0.15, -0.1) is 0 Å². The van der Waals surface area contributed by atoms with E-state index in [-0.39, 0.29) is 11.7 Å². The minimum absolute atomic E-state index is 0.125. The summed E-state index contributed by atoms with van der Waals surface area (Å²) in [4.78, 5) is 19.1. The van der Waals surface area contributed by atoms with Crippen molar-refractivity contribution in [2.75, 3.05) is 46.3 Å². The molecule has 2 heterocycles. The Morgan fingerprint density at radius 3 is 2.46 bits per heavy atom. The lowest BCUT2D eigenvalue weighted by molar-refractivity contribution is -0.138. The van der Waals surface area contributed by atoms with Gasteiger partial charge in [-0.2, -0.15) is 0 Å². The highest BCUT2D eigenvalue weighted by atomic mass is 35.5. The average molecular weight is 354 g/mol. The van der Waals surface area contributed by atoms with Crippen LogP contribution in [0.5, 0.6) is 0 Å². The van der Waals surface area contributed by atoms with Gasteiger partial charge >= 0.3 is 0 Å². The molecule has 2 fully saturated rings. The number of likely N-dealkylation sites (tertiary alicyclic amines) is 1. The number of carbonyl (C=O) groups is 1. The van der Waals surface area contributed by atoms with E-state index in [1.807, 2.05) is 4.90 Å². The number of hydrogen-bond donors (Lipinski definition) is 0. The second-order valence-electron chi connectivity index (χ2n) is 6.91. The minimum atomic E-state index is -0.252. The van der Waals surface area contributed by atoms with Gasteiger partial charge in [-0.25, -0.2) is 4.39 Å². The van der Waals surface area contributed by atoms with Gasteiger partial charge in [-0.3, -0.25) is 9.69 Å². The van der Waals surface area contributed by atoms with Crippen molar-refractivity contribution in [3.8, 4) is 0 Å². The van der Waals surface area contributed by atoms with E-state index in [1.54, 1.807) is 12.1 Å². The summed E-state index contributed by atoms with van der Waals surface area (Å²) < 4.78 is 13.9. The Kier molecular flexibility index (Phi) is 5.74. The predicted molar refractivity (Wildman–Crippen MR) is 93.5 cm³/mol. The first kappa shape index (κ1) is 17.6. The van der Waals surface area contributed by atoms with Gasteiger partial charge in [0.15, 0.2) is 0 Å². The smallest absolute Gasteiger partial charge is 0.225 e. The Morgan fingerprint density at radius 1 is 1.17 bits per heavy atom. The summed E-state index contributed by atoms with van der Waals surface area (Å²) in [7, 11) is 2.09. The van der Waals surface area contributed by atoms with Crippen LogP contribution in [0.1, 0.15) is 18.4 Å². The zero-order chi connectivity index (χ0) is 17.1. The molecule has 2 aliphatic rings. The molecule has 2 aliphatic heterocycles. The number of nitrogens with zero attached hydrogens (tertiary/aromatic N) is 3. The Balaban J connectivity index is 1.49. The first-order valence-electron chi connectivity index (χ1n) is 8.66. The second-order valence-corrected chi connectivity index (χ2v) is 7.35. The maximum absolute atomic E-state index is 13.9. The second kappa shape index (κ2) is 7.81. The Bertz CT molecular complexity index is 582. The molecule has 1 amide bonds. The highest BCUT2D eigenvalue weighted by Gasteiger charge is 2.30. The van der Waals surface area contributed by atoms with E-state index < -0.39 is 0 Å². The van der Waals surface area contributed by atoms with Crippen LogP contribution in [-0.4, -0.2) is 66.9 Å². The fraction of sp³-hybridized carbons (Fsp3) is 0.611. The summed E-state index contributed by atoms with van der Waals surface area (Å²) in [5.41, 5.74) is 0.670. The van der Waals surface area contributed by atoms with Crippen LogP contribution in [0.25, 0.3) is 0 Å². The molecular weight excluding hydrogens is 329 g/mol. The van der Waals surface area contributed by atoms with E-state index >= 15 is 0 Å². The van der Waals surface area contributed by atoms with Crippen molar-refractivity contribution in [2.45, 2.75) is 19.4 Å². The van der Waals surface area contributed by atoms with Crippen molar-refractivity contribution in [3.05, 3.63) is 34.6 Å². The van der Waals surface area contributed by atoms with Crippen molar-refractivity contribution in [1.29, 1.82) is 0 Å². The molecule has 3 rings (SSSR count). The Labute approximate surface area is 148 Å². The van der Waals surface area contributed by atoms with E-state index in [1.165, 1.54) is 6.07 Å². The molecule has 0 bridgehead atoms. The summed E-state index contributed by atoms with van der Waals surface area (Å²) in [6, 6.07) is 4.84. The van der Waals surface area contributed by atoms with Crippen LogP contribution in [0.2, 0.25) is 5.02 Å². The van der Waals surface area contributed by atoms with Crippen LogP contribution < -0.4 is 0 Å². The fourth-order valence-corrected chi connectivity index (χ4v) is 3.67. The standard InChI is InChI=1S/C18H25ClFN3O/c1-21-8-10-23(11-9-21)18(24)14-4-6-22(7-5-14)13-15-2-3-16(19)12-17(15)20/h2-3,12,14H,4-11,13H2,1H3. The number of halogens is 2. The van der Waals surface area contributed by atoms with Gasteiger partial charge in [0.05, 0.1) is 0 Å². The van der Waals surface area contributed by atoms with Gasteiger partial charge in [-0.1, -0.05) is 17.7 Å². The van der Waals surface area contributed by atoms with Crippen LogP contribution in [0.15, 0.2) is 18.2 Å². The number of benzene rings is 1. The summed E-state index contributed by atoms with van der Waals surface area (Å²) in [6.45, 7) is 5.86. The topological polar surface area (TPSA) is 26.8 Å². The summed E-state index contributed by atoms with van der Waals surface area (Å²) in [5.74, 6) is 0.179.